The molecule has 1 aromatic carbocycles. The fraction of sp³-hybridized carbons (Fsp3) is 0.357. The molecule has 6 heteroatoms. The smallest absolute Gasteiger partial charge is 0.269 e. The topological polar surface area (TPSA) is 75.1 Å². The molecule has 1 N–H and O–H groups in total. The molecule has 20 heavy (non-hydrogen) atoms. The number of aromatic nitrogens is 2. The summed E-state index contributed by atoms with van der Waals surface area (Å²) >= 11 is 0. The van der Waals surface area contributed by atoms with Crippen LogP contribution in [0.2, 0.25) is 0 Å². The molecule has 1 aromatic heterocycles. The van der Waals surface area contributed by atoms with E-state index in [1.807, 2.05) is 18.2 Å². The third-order valence-corrected chi connectivity index (χ3v) is 3.90. The van der Waals surface area contributed by atoms with Gasteiger partial charge in [0.05, 0.1) is 11.1 Å². The quantitative estimate of drug-likeness (QED) is 0.688. The monoisotopic (exact) mass is 272 g/mol. The number of nitrogens with zero attached hydrogens (tertiary/aromatic N) is 3. The van der Waals surface area contributed by atoms with E-state index in [0.29, 0.717) is 5.92 Å². The number of hydrogen-bond acceptors (Lipinski definition) is 4. The molecular weight excluding hydrogens is 256 g/mol. The first-order valence-electron chi connectivity index (χ1n) is 6.73. The van der Waals surface area contributed by atoms with Crippen molar-refractivity contribution in [2.75, 3.05) is 18.0 Å². The lowest BCUT2D eigenvalue weighted by atomic mass is 9.89. The summed E-state index contributed by atoms with van der Waals surface area (Å²) in [6, 6.07) is 8.93. The molecule has 1 fully saturated rings. The van der Waals surface area contributed by atoms with Crippen LogP contribution in [0.25, 0.3) is 0 Å². The second-order valence-electron chi connectivity index (χ2n) is 5.05. The lowest BCUT2D eigenvalue weighted by Crippen LogP contribution is -2.33. The fourth-order valence-electron chi connectivity index (χ4n) is 2.75. The summed E-state index contributed by atoms with van der Waals surface area (Å²) in [6.45, 7) is 1.95. The van der Waals surface area contributed by atoms with Crippen molar-refractivity contribution in [2.45, 2.75) is 18.8 Å². The zero-order valence-corrected chi connectivity index (χ0v) is 11.0. The minimum absolute atomic E-state index is 0.156. The molecule has 6 nitrogen and oxygen atoms in total. The van der Waals surface area contributed by atoms with E-state index in [0.717, 1.165) is 31.7 Å². The van der Waals surface area contributed by atoms with E-state index in [1.54, 1.807) is 18.3 Å². The van der Waals surface area contributed by atoms with E-state index in [4.69, 9.17) is 0 Å². The Morgan fingerprint density at radius 1 is 1.20 bits per heavy atom. The highest BCUT2D eigenvalue weighted by Gasteiger charge is 2.21. The van der Waals surface area contributed by atoms with Crippen molar-refractivity contribution in [3.8, 4) is 0 Å². The molecule has 0 unspecified atom stereocenters. The Labute approximate surface area is 116 Å². The van der Waals surface area contributed by atoms with Crippen LogP contribution < -0.4 is 4.90 Å². The Kier molecular flexibility index (Phi) is 3.37. The van der Waals surface area contributed by atoms with Crippen LogP contribution in [0, 0.1) is 10.1 Å². The van der Waals surface area contributed by atoms with Gasteiger partial charge in [-0.1, -0.05) is 12.1 Å². The first-order valence-corrected chi connectivity index (χ1v) is 6.73. The average molecular weight is 272 g/mol. The van der Waals surface area contributed by atoms with Gasteiger partial charge in [0.25, 0.3) is 5.69 Å². The van der Waals surface area contributed by atoms with Crippen LogP contribution in [-0.4, -0.2) is 28.2 Å². The number of nitro benzene ring substituents is 1. The highest BCUT2D eigenvalue weighted by molar-refractivity contribution is 5.39. The summed E-state index contributed by atoms with van der Waals surface area (Å²) < 4.78 is 0. The summed E-state index contributed by atoms with van der Waals surface area (Å²) in [6.07, 6.45) is 3.87. The largest absolute Gasteiger partial charge is 0.357 e. The number of aromatic amines is 1. The number of benzene rings is 1. The second-order valence-corrected chi connectivity index (χ2v) is 5.05. The highest BCUT2D eigenvalue weighted by atomic mass is 16.6. The molecule has 1 aliphatic heterocycles. The first-order chi connectivity index (χ1) is 9.74. The number of piperidine rings is 1. The van der Waals surface area contributed by atoms with Gasteiger partial charge in [-0.05, 0) is 24.3 Å². The van der Waals surface area contributed by atoms with Crippen molar-refractivity contribution in [1.29, 1.82) is 0 Å². The predicted octanol–water partition coefficient (Wildman–Crippen LogP) is 2.70. The van der Waals surface area contributed by atoms with Gasteiger partial charge in [0.15, 0.2) is 0 Å². The Bertz CT molecular complexity index is 572. The molecule has 0 saturated carbocycles. The molecule has 0 spiro atoms. The van der Waals surface area contributed by atoms with Crippen molar-refractivity contribution in [3.63, 3.8) is 0 Å². The maximum atomic E-state index is 10.7. The van der Waals surface area contributed by atoms with Crippen molar-refractivity contribution >= 4 is 11.5 Å². The van der Waals surface area contributed by atoms with E-state index in [9.17, 15) is 10.1 Å². The molecule has 2 heterocycles. The van der Waals surface area contributed by atoms with Crippen molar-refractivity contribution < 1.29 is 4.92 Å². The Hall–Kier alpha value is -2.37. The molecule has 0 radical (unpaired) electrons. The number of hydrogen-bond donors (Lipinski definition) is 1. The molecular formula is C14H16N4O2. The summed E-state index contributed by atoms with van der Waals surface area (Å²) in [5.74, 6) is 1.54. The van der Waals surface area contributed by atoms with Gasteiger partial charge in [0.2, 0.25) is 0 Å². The van der Waals surface area contributed by atoms with Crippen LogP contribution in [0.3, 0.4) is 0 Å². The van der Waals surface area contributed by atoms with Crippen LogP contribution in [0.1, 0.15) is 24.3 Å². The van der Waals surface area contributed by atoms with Gasteiger partial charge in [0, 0.05) is 31.3 Å². The number of nitro groups is 1. The maximum absolute atomic E-state index is 10.7. The van der Waals surface area contributed by atoms with Gasteiger partial charge in [-0.25, -0.2) is 0 Å². The SMILES string of the molecule is O=[N+]([O-])c1ccc(C2CCN(c3ccn[nH]3)CC2)cc1. The Morgan fingerprint density at radius 2 is 1.90 bits per heavy atom. The predicted molar refractivity (Wildman–Crippen MR) is 75.9 cm³/mol. The van der Waals surface area contributed by atoms with Crippen LogP contribution >= 0.6 is 0 Å². The summed E-state index contributed by atoms with van der Waals surface area (Å²) in [4.78, 5) is 12.6. The summed E-state index contributed by atoms with van der Waals surface area (Å²) in [5.41, 5.74) is 1.35. The number of nitrogens with one attached hydrogen (secondary N) is 1. The normalized spacial score (nSPS) is 16.3. The zero-order valence-electron chi connectivity index (χ0n) is 11.0. The first kappa shape index (κ1) is 12.7. The maximum Gasteiger partial charge on any atom is 0.269 e. The lowest BCUT2D eigenvalue weighted by Gasteiger charge is -2.32. The second kappa shape index (κ2) is 5.32. The fourth-order valence-corrected chi connectivity index (χ4v) is 2.75. The van der Waals surface area contributed by atoms with Gasteiger partial charge in [0.1, 0.15) is 5.82 Å². The van der Waals surface area contributed by atoms with Gasteiger partial charge in [-0.2, -0.15) is 5.10 Å². The Morgan fingerprint density at radius 3 is 2.45 bits per heavy atom. The van der Waals surface area contributed by atoms with E-state index >= 15 is 0 Å². The standard InChI is InChI=1S/C14H16N4O2/c19-18(20)13-3-1-11(2-4-13)12-6-9-17(10-7-12)14-5-8-15-16-14/h1-5,8,12H,6-7,9-10H2,(H,15,16). The number of rotatable bonds is 3. The minimum atomic E-state index is -0.357. The Balaban J connectivity index is 1.64. The average Bonchev–Trinajstić information content (AvgIpc) is 3.02. The van der Waals surface area contributed by atoms with Gasteiger partial charge in [-0.3, -0.25) is 15.2 Å². The van der Waals surface area contributed by atoms with Crippen LogP contribution in [0.5, 0.6) is 0 Å². The van der Waals surface area contributed by atoms with E-state index in [-0.39, 0.29) is 10.6 Å². The molecule has 0 aliphatic carbocycles. The highest BCUT2D eigenvalue weighted by Crippen LogP contribution is 2.30. The molecule has 0 bridgehead atoms. The van der Waals surface area contributed by atoms with Gasteiger partial charge < -0.3 is 4.90 Å². The number of non-ortho nitro benzene ring substituents is 1. The number of anilines is 1. The molecule has 2 aromatic rings. The summed E-state index contributed by atoms with van der Waals surface area (Å²) in [5, 5.41) is 17.6. The third kappa shape index (κ3) is 2.49. The molecule has 3 rings (SSSR count). The molecule has 1 aliphatic rings. The van der Waals surface area contributed by atoms with E-state index in [2.05, 4.69) is 15.1 Å². The number of H-pyrrole nitrogens is 1. The van der Waals surface area contributed by atoms with Crippen molar-refractivity contribution in [3.05, 3.63) is 52.2 Å². The summed E-state index contributed by atoms with van der Waals surface area (Å²) in [7, 11) is 0. The van der Waals surface area contributed by atoms with Gasteiger partial charge in [-0.15, -0.1) is 0 Å². The van der Waals surface area contributed by atoms with Crippen LogP contribution in [-0.2, 0) is 0 Å². The molecule has 1 saturated heterocycles. The van der Waals surface area contributed by atoms with Crippen molar-refractivity contribution in [2.24, 2.45) is 0 Å². The van der Waals surface area contributed by atoms with E-state index < -0.39 is 0 Å². The van der Waals surface area contributed by atoms with Crippen molar-refractivity contribution in [1.82, 2.24) is 10.2 Å². The zero-order chi connectivity index (χ0) is 13.9. The molecule has 104 valence electrons. The molecule has 0 atom stereocenters. The lowest BCUT2D eigenvalue weighted by molar-refractivity contribution is -0.384. The minimum Gasteiger partial charge on any atom is -0.357 e. The van der Waals surface area contributed by atoms with E-state index in [1.165, 1.54) is 5.56 Å². The van der Waals surface area contributed by atoms with Crippen LogP contribution in [0.15, 0.2) is 36.5 Å². The van der Waals surface area contributed by atoms with Crippen LogP contribution in [0.4, 0.5) is 11.5 Å². The van der Waals surface area contributed by atoms with Gasteiger partial charge >= 0.3 is 0 Å². The third-order valence-electron chi connectivity index (χ3n) is 3.90. The molecule has 0 amide bonds.